The number of carbonyl (C=O) groups is 1. The summed E-state index contributed by atoms with van der Waals surface area (Å²) in [6.07, 6.45) is -3.66. The average Bonchev–Trinajstić information content (AvgIpc) is 2.26. The molecule has 1 rings (SSSR count). The van der Waals surface area contributed by atoms with Gasteiger partial charge in [0.1, 0.15) is 25.6 Å². The maximum Gasteiger partial charge on any atom is 0.289 e. The Morgan fingerprint density at radius 3 is 2.87 bits per heavy atom. The molecule has 1 heterocycles. The molecule has 1 atom stereocenters. The highest BCUT2D eigenvalue weighted by molar-refractivity contribution is 5.91. The summed E-state index contributed by atoms with van der Waals surface area (Å²) >= 11 is 0. The standard InChI is InChI=1S/C8H11F2NO4/c9-7(10)5(12)3-11-8(13)6-4-14-1-2-15-6/h4-5,7,12H,1-3H2,(H,11,13). The molecule has 5 nitrogen and oxygen atoms in total. The zero-order valence-electron chi connectivity index (χ0n) is 7.78. The number of hydrogen-bond acceptors (Lipinski definition) is 4. The highest BCUT2D eigenvalue weighted by Crippen LogP contribution is 2.04. The second-order valence-corrected chi connectivity index (χ2v) is 2.81. The van der Waals surface area contributed by atoms with E-state index in [2.05, 4.69) is 5.32 Å². The Hall–Kier alpha value is -1.37. The van der Waals surface area contributed by atoms with Crippen LogP contribution in [0.1, 0.15) is 0 Å². The van der Waals surface area contributed by atoms with Crippen LogP contribution in [0.15, 0.2) is 12.0 Å². The SMILES string of the molecule is O=C(NCC(O)C(F)F)C1=COCCO1. The van der Waals surface area contributed by atoms with E-state index in [1.54, 1.807) is 0 Å². The van der Waals surface area contributed by atoms with Gasteiger partial charge in [0.05, 0.1) is 0 Å². The van der Waals surface area contributed by atoms with Gasteiger partial charge in [0.2, 0.25) is 5.76 Å². The monoisotopic (exact) mass is 223 g/mol. The van der Waals surface area contributed by atoms with Gasteiger partial charge in [-0.3, -0.25) is 4.79 Å². The van der Waals surface area contributed by atoms with Gasteiger partial charge < -0.3 is 19.9 Å². The van der Waals surface area contributed by atoms with Gasteiger partial charge in [-0.2, -0.15) is 0 Å². The molecule has 0 aromatic heterocycles. The van der Waals surface area contributed by atoms with Crippen LogP contribution in [-0.4, -0.2) is 43.3 Å². The summed E-state index contributed by atoms with van der Waals surface area (Å²) in [6, 6.07) is 0. The lowest BCUT2D eigenvalue weighted by Gasteiger charge is -2.16. The number of aliphatic hydroxyl groups excluding tert-OH is 1. The Morgan fingerprint density at radius 2 is 2.33 bits per heavy atom. The molecule has 0 aromatic rings. The Balaban J connectivity index is 2.32. The number of amides is 1. The zero-order valence-corrected chi connectivity index (χ0v) is 7.78. The number of halogens is 2. The van der Waals surface area contributed by atoms with Crippen molar-refractivity contribution in [2.24, 2.45) is 0 Å². The molecular weight excluding hydrogens is 212 g/mol. The Kier molecular flexibility index (Phi) is 4.29. The number of hydrogen-bond donors (Lipinski definition) is 2. The first-order valence-corrected chi connectivity index (χ1v) is 4.30. The summed E-state index contributed by atoms with van der Waals surface area (Å²) in [4.78, 5) is 11.2. The Morgan fingerprint density at radius 1 is 1.60 bits per heavy atom. The van der Waals surface area contributed by atoms with Crippen molar-refractivity contribution < 1.29 is 28.2 Å². The lowest BCUT2D eigenvalue weighted by molar-refractivity contribution is -0.123. The number of rotatable bonds is 4. The van der Waals surface area contributed by atoms with Crippen LogP contribution >= 0.6 is 0 Å². The molecule has 0 saturated heterocycles. The fourth-order valence-electron chi connectivity index (χ4n) is 0.861. The minimum Gasteiger partial charge on any atom is -0.494 e. The summed E-state index contributed by atoms with van der Waals surface area (Å²) in [5.41, 5.74) is 0. The summed E-state index contributed by atoms with van der Waals surface area (Å²) in [6.45, 7) is 0.0459. The summed E-state index contributed by atoms with van der Waals surface area (Å²) in [5.74, 6) is -0.767. The molecule has 1 unspecified atom stereocenters. The van der Waals surface area contributed by atoms with Gasteiger partial charge in [-0.05, 0) is 0 Å². The van der Waals surface area contributed by atoms with E-state index < -0.39 is 25.0 Å². The maximum atomic E-state index is 11.8. The van der Waals surface area contributed by atoms with Gasteiger partial charge in [0.15, 0.2) is 0 Å². The molecule has 1 aliphatic heterocycles. The van der Waals surface area contributed by atoms with Crippen molar-refractivity contribution in [2.45, 2.75) is 12.5 Å². The highest BCUT2D eigenvalue weighted by Gasteiger charge is 2.20. The molecule has 0 aliphatic carbocycles. The van der Waals surface area contributed by atoms with E-state index in [9.17, 15) is 13.6 Å². The van der Waals surface area contributed by atoms with Crippen LogP contribution in [-0.2, 0) is 14.3 Å². The van der Waals surface area contributed by atoms with Crippen LogP contribution < -0.4 is 5.32 Å². The third kappa shape index (κ3) is 3.70. The fourth-order valence-corrected chi connectivity index (χ4v) is 0.861. The molecule has 0 bridgehead atoms. The molecular formula is C8H11F2NO4. The number of alkyl halides is 2. The molecule has 2 N–H and O–H groups in total. The maximum absolute atomic E-state index is 11.8. The molecule has 0 fully saturated rings. The second kappa shape index (κ2) is 5.50. The normalized spacial score (nSPS) is 17.5. The largest absolute Gasteiger partial charge is 0.494 e. The first-order valence-electron chi connectivity index (χ1n) is 4.30. The molecule has 7 heteroatoms. The van der Waals surface area contributed by atoms with Crippen LogP contribution in [0, 0.1) is 0 Å². The van der Waals surface area contributed by atoms with E-state index in [0.717, 1.165) is 6.26 Å². The molecule has 86 valence electrons. The van der Waals surface area contributed by atoms with Gasteiger partial charge in [0, 0.05) is 6.54 Å². The predicted molar refractivity (Wildman–Crippen MR) is 45.0 cm³/mol. The lowest BCUT2D eigenvalue weighted by atomic mass is 10.3. The lowest BCUT2D eigenvalue weighted by Crippen LogP contribution is -2.37. The van der Waals surface area contributed by atoms with Gasteiger partial charge in [-0.15, -0.1) is 0 Å². The van der Waals surface area contributed by atoms with Gasteiger partial charge in [-0.25, -0.2) is 8.78 Å². The van der Waals surface area contributed by atoms with Crippen LogP contribution in [0.4, 0.5) is 8.78 Å². The minimum absolute atomic E-state index is 0.0808. The van der Waals surface area contributed by atoms with Crippen molar-refractivity contribution in [3.8, 4) is 0 Å². The summed E-state index contributed by atoms with van der Waals surface area (Å²) < 4.78 is 33.4. The average molecular weight is 223 g/mol. The van der Waals surface area contributed by atoms with E-state index in [1.807, 2.05) is 0 Å². The molecule has 15 heavy (non-hydrogen) atoms. The van der Waals surface area contributed by atoms with Crippen molar-refractivity contribution >= 4 is 5.91 Å². The molecule has 0 saturated carbocycles. The second-order valence-electron chi connectivity index (χ2n) is 2.81. The third-order valence-electron chi connectivity index (χ3n) is 1.64. The Bertz CT molecular complexity index is 257. The van der Waals surface area contributed by atoms with E-state index in [0.29, 0.717) is 6.61 Å². The van der Waals surface area contributed by atoms with E-state index in [4.69, 9.17) is 14.6 Å². The van der Waals surface area contributed by atoms with E-state index in [-0.39, 0.29) is 12.4 Å². The number of nitrogens with one attached hydrogen (secondary N) is 1. The topological polar surface area (TPSA) is 67.8 Å². The van der Waals surface area contributed by atoms with Crippen molar-refractivity contribution in [1.29, 1.82) is 0 Å². The quantitative estimate of drug-likeness (QED) is 0.681. The first-order chi connectivity index (χ1) is 7.11. The van der Waals surface area contributed by atoms with Crippen LogP contribution in [0.3, 0.4) is 0 Å². The van der Waals surface area contributed by atoms with Crippen molar-refractivity contribution in [3.63, 3.8) is 0 Å². The van der Waals surface area contributed by atoms with Gasteiger partial charge in [0.25, 0.3) is 12.3 Å². The first kappa shape index (κ1) is 11.7. The number of ether oxygens (including phenoxy) is 2. The molecule has 0 radical (unpaired) electrons. The van der Waals surface area contributed by atoms with E-state index >= 15 is 0 Å². The van der Waals surface area contributed by atoms with Crippen molar-refractivity contribution in [3.05, 3.63) is 12.0 Å². The van der Waals surface area contributed by atoms with Crippen LogP contribution in [0.25, 0.3) is 0 Å². The zero-order chi connectivity index (χ0) is 11.3. The minimum atomic E-state index is -2.89. The third-order valence-corrected chi connectivity index (χ3v) is 1.64. The van der Waals surface area contributed by atoms with Crippen LogP contribution in [0.2, 0.25) is 0 Å². The van der Waals surface area contributed by atoms with Crippen molar-refractivity contribution in [1.82, 2.24) is 5.32 Å². The van der Waals surface area contributed by atoms with Gasteiger partial charge in [-0.1, -0.05) is 0 Å². The number of aliphatic hydroxyl groups is 1. The van der Waals surface area contributed by atoms with E-state index in [1.165, 1.54) is 0 Å². The van der Waals surface area contributed by atoms with Crippen LogP contribution in [0.5, 0.6) is 0 Å². The highest BCUT2D eigenvalue weighted by atomic mass is 19.3. The number of carbonyl (C=O) groups excluding carboxylic acids is 1. The molecule has 0 aromatic carbocycles. The molecule has 1 amide bonds. The molecule has 1 aliphatic rings. The predicted octanol–water partition coefficient (Wildman–Crippen LogP) is -0.383. The smallest absolute Gasteiger partial charge is 0.289 e. The van der Waals surface area contributed by atoms with Gasteiger partial charge >= 0.3 is 0 Å². The Labute approximate surface area is 84.7 Å². The van der Waals surface area contributed by atoms with Crippen molar-refractivity contribution in [2.75, 3.05) is 19.8 Å². The molecule has 0 spiro atoms. The summed E-state index contributed by atoms with van der Waals surface area (Å²) in [7, 11) is 0. The fraction of sp³-hybridized carbons (Fsp3) is 0.625. The summed E-state index contributed by atoms with van der Waals surface area (Å²) in [5, 5.41) is 10.8.